The Morgan fingerprint density at radius 2 is 2.44 bits per heavy atom. The van der Waals surface area contributed by atoms with Gasteiger partial charge in [-0.25, -0.2) is 0 Å². The van der Waals surface area contributed by atoms with Gasteiger partial charge in [-0.1, -0.05) is 12.0 Å². The SMILES string of the molecule is CC(CCO)CN=[N+]=[N-]. The van der Waals surface area contributed by atoms with Crippen LogP contribution in [-0.2, 0) is 0 Å². The molecule has 52 valence electrons. The summed E-state index contributed by atoms with van der Waals surface area (Å²) in [6.07, 6.45) is 0.707. The molecule has 0 aromatic heterocycles. The summed E-state index contributed by atoms with van der Waals surface area (Å²) in [5, 5.41) is 11.8. The first-order chi connectivity index (χ1) is 4.31. The van der Waals surface area contributed by atoms with Crippen molar-refractivity contribution >= 4 is 0 Å². The van der Waals surface area contributed by atoms with Crippen molar-refractivity contribution in [2.75, 3.05) is 13.2 Å². The van der Waals surface area contributed by atoms with E-state index in [-0.39, 0.29) is 6.61 Å². The van der Waals surface area contributed by atoms with E-state index in [0.29, 0.717) is 18.9 Å². The van der Waals surface area contributed by atoms with Gasteiger partial charge in [0.05, 0.1) is 0 Å². The maximum atomic E-state index is 8.40. The average molecular weight is 129 g/mol. The Hall–Kier alpha value is -0.730. The normalized spacial score (nSPS) is 12.2. The van der Waals surface area contributed by atoms with Gasteiger partial charge < -0.3 is 5.11 Å². The number of nitrogens with zero attached hydrogens (tertiary/aromatic N) is 3. The molecule has 0 saturated heterocycles. The topological polar surface area (TPSA) is 69.0 Å². The van der Waals surface area contributed by atoms with Crippen molar-refractivity contribution in [1.29, 1.82) is 0 Å². The summed E-state index contributed by atoms with van der Waals surface area (Å²) in [5.41, 5.74) is 7.88. The van der Waals surface area contributed by atoms with E-state index in [1.807, 2.05) is 6.92 Å². The van der Waals surface area contributed by atoms with Crippen LogP contribution >= 0.6 is 0 Å². The number of aliphatic hydroxyl groups excluding tert-OH is 1. The maximum Gasteiger partial charge on any atom is 0.0433 e. The molecule has 4 nitrogen and oxygen atoms in total. The highest BCUT2D eigenvalue weighted by Crippen LogP contribution is 1.99. The predicted molar refractivity (Wildman–Crippen MR) is 34.9 cm³/mol. The maximum absolute atomic E-state index is 8.40. The van der Waals surface area contributed by atoms with Gasteiger partial charge in [-0.05, 0) is 17.9 Å². The van der Waals surface area contributed by atoms with Crippen molar-refractivity contribution in [3.8, 4) is 0 Å². The van der Waals surface area contributed by atoms with E-state index in [9.17, 15) is 0 Å². The summed E-state index contributed by atoms with van der Waals surface area (Å²) in [6.45, 7) is 2.59. The number of hydrogen-bond donors (Lipinski definition) is 1. The fourth-order valence-corrected chi connectivity index (χ4v) is 0.488. The van der Waals surface area contributed by atoms with Crippen molar-refractivity contribution < 1.29 is 5.11 Å². The Kier molecular flexibility index (Phi) is 4.97. The molecule has 0 amide bonds. The molecule has 0 radical (unpaired) electrons. The summed E-state index contributed by atoms with van der Waals surface area (Å²) in [6, 6.07) is 0. The molecule has 1 atom stereocenters. The molecule has 0 heterocycles. The Morgan fingerprint density at radius 1 is 1.78 bits per heavy atom. The number of hydrogen-bond acceptors (Lipinski definition) is 2. The highest BCUT2D eigenvalue weighted by molar-refractivity contribution is 4.55. The Morgan fingerprint density at radius 3 is 2.89 bits per heavy atom. The van der Waals surface area contributed by atoms with Crippen molar-refractivity contribution in [3.05, 3.63) is 10.4 Å². The molecule has 0 aromatic rings. The van der Waals surface area contributed by atoms with E-state index in [4.69, 9.17) is 10.6 Å². The molecule has 0 spiro atoms. The Bertz CT molecular complexity index is 109. The molecule has 4 heteroatoms. The monoisotopic (exact) mass is 129 g/mol. The zero-order chi connectivity index (χ0) is 7.11. The lowest BCUT2D eigenvalue weighted by Crippen LogP contribution is -2.00. The van der Waals surface area contributed by atoms with Crippen LogP contribution in [0.25, 0.3) is 10.4 Å². The second-order valence-corrected chi connectivity index (χ2v) is 2.03. The molecule has 1 unspecified atom stereocenters. The summed E-state index contributed by atoms with van der Waals surface area (Å²) in [5.74, 6) is 0.297. The number of azide groups is 1. The van der Waals surface area contributed by atoms with E-state index in [1.165, 1.54) is 0 Å². The van der Waals surface area contributed by atoms with Gasteiger partial charge in [0, 0.05) is 18.1 Å². The molecule has 9 heavy (non-hydrogen) atoms. The third-order valence-electron chi connectivity index (χ3n) is 1.08. The summed E-state index contributed by atoms with van der Waals surface area (Å²) in [7, 11) is 0. The van der Waals surface area contributed by atoms with Crippen molar-refractivity contribution in [2.45, 2.75) is 13.3 Å². The predicted octanol–water partition coefficient (Wildman–Crippen LogP) is 1.32. The van der Waals surface area contributed by atoms with E-state index in [0.717, 1.165) is 0 Å². The molecular formula is C5H11N3O. The zero-order valence-corrected chi connectivity index (χ0v) is 5.49. The molecule has 0 saturated carbocycles. The lowest BCUT2D eigenvalue weighted by atomic mass is 10.1. The fourth-order valence-electron chi connectivity index (χ4n) is 0.488. The van der Waals surface area contributed by atoms with Crippen LogP contribution in [-0.4, -0.2) is 18.3 Å². The third kappa shape index (κ3) is 5.14. The lowest BCUT2D eigenvalue weighted by Gasteiger charge is -2.02. The van der Waals surface area contributed by atoms with Gasteiger partial charge in [-0.2, -0.15) is 0 Å². The van der Waals surface area contributed by atoms with Gasteiger partial charge in [0.15, 0.2) is 0 Å². The summed E-state index contributed by atoms with van der Waals surface area (Å²) in [4.78, 5) is 2.60. The second-order valence-electron chi connectivity index (χ2n) is 2.03. The molecule has 0 aromatic carbocycles. The van der Waals surface area contributed by atoms with E-state index in [1.54, 1.807) is 0 Å². The van der Waals surface area contributed by atoms with Crippen LogP contribution in [0.3, 0.4) is 0 Å². The number of rotatable bonds is 4. The van der Waals surface area contributed by atoms with E-state index >= 15 is 0 Å². The minimum atomic E-state index is 0.169. The Balaban J connectivity index is 3.25. The minimum absolute atomic E-state index is 0.169. The second kappa shape index (κ2) is 5.41. The largest absolute Gasteiger partial charge is 0.396 e. The smallest absolute Gasteiger partial charge is 0.0433 e. The van der Waals surface area contributed by atoms with Crippen LogP contribution in [0.1, 0.15) is 13.3 Å². The van der Waals surface area contributed by atoms with Gasteiger partial charge in [0.25, 0.3) is 0 Å². The number of aliphatic hydroxyl groups is 1. The molecule has 0 fully saturated rings. The van der Waals surface area contributed by atoms with Crippen LogP contribution in [0.5, 0.6) is 0 Å². The highest BCUT2D eigenvalue weighted by Gasteiger charge is 1.96. The molecule has 0 rings (SSSR count). The molecule has 1 N–H and O–H groups in total. The molecule has 0 bridgehead atoms. The average Bonchev–Trinajstić information content (AvgIpc) is 1.85. The summed E-state index contributed by atoms with van der Waals surface area (Å²) < 4.78 is 0. The summed E-state index contributed by atoms with van der Waals surface area (Å²) >= 11 is 0. The van der Waals surface area contributed by atoms with Gasteiger partial charge in [0.1, 0.15) is 0 Å². The highest BCUT2D eigenvalue weighted by atomic mass is 16.3. The lowest BCUT2D eigenvalue weighted by molar-refractivity contribution is 0.264. The van der Waals surface area contributed by atoms with E-state index in [2.05, 4.69) is 10.0 Å². The van der Waals surface area contributed by atoms with Gasteiger partial charge >= 0.3 is 0 Å². The quantitative estimate of drug-likeness (QED) is 0.347. The van der Waals surface area contributed by atoms with Gasteiger partial charge in [-0.15, -0.1) is 0 Å². The molecule has 0 aliphatic carbocycles. The van der Waals surface area contributed by atoms with Gasteiger partial charge in [0.2, 0.25) is 0 Å². The van der Waals surface area contributed by atoms with Gasteiger partial charge in [-0.3, -0.25) is 0 Å². The molecule has 0 aliphatic rings. The third-order valence-corrected chi connectivity index (χ3v) is 1.08. The van der Waals surface area contributed by atoms with Crippen LogP contribution in [0.4, 0.5) is 0 Å². The van der Waals surface area contributed by atoms with Crippen LogP contribution in [0.2, 0.25) is 0 Å². The van der Waals surface area contributed by atoms with Crippen molar-refractivity contribution in [2.24, 2.45) is 11.0 Å². The zero-order valence-electron chi connectivity index (χ0n) is 5.49. The standard InChI is InChI=1S/C5H11N3O/c1-5(2-3-9)4-7-8-6/h5,9H,2-4H2,1H3. The van der Waals surface area contributed by atoms with Crippen LogP contribution in [0.15, 0.2) is 5.11 Å². The Labute approximate surface area is 54.1 Å². The first kappa shape index (κ1) is 8.27. The van der Waals surface area contributed by atoms with E-state index < -0.39 is 0 Å². The van der Waals surface area contributed by atoms with Crippen LogP contribution < -0.4 is 0 Å². The fraction of sp³-hybridized carbons (Fsp3) is 1.00. The molecular weight excluding hydrogens is 118 g/mol. The first-order valence-electron chi connectivity index (χ1n) is 2.93. The van der Waals surface area contributed by atoms with Crippen LogP contribution in [0, 0.1) is 5.92 Å². The molecule has 0 aliphatic heterocycles. The van der Waals surface area contributed by atoms with Crippen molar-refractivity contribution in [3.63, 3.8) is 0 Å². The first-order valence-corrected chi connectivity index (χ1v) is 2.93. The minimum Gasteiger partial charge on any atom is -0.396 e. The van der Waals surface area contributed by atoms with Crippen molar-refractivity contribution in [1.82, 2.24) is 0 Å².